The third-order valence-electron chi connectivity index (χ3n) is 9.72. The Balaban J connectivity index is -0.00000000141. The van der Waals surface area contributed by atoms with Crippen molar-refractivity contribution < 1.29 is 338 Å². The molecule has 0 bridgehead atoms. The van der Waals surface area contributed by atoms with Gasteiger partial charge in [0.25, 0.3) is 5.91 Å². The van der Waals surface area contributed by atoms with Crippen LogP contribution in [-0.2, 0) is 20.5 Å². The van der Waals surface area contributed by atoms with Crippen molar-refractivity contribution >= 4 is 23.2 Å². The highest BCUT2D eigenvalue weighted by molar-refractivity contribution is 7.09. The first-order valence-electron chi connectivity index (χ1n) is 44.8. The molecule has 1 aromatic carbocycles. The first kappa shape index (κ1) is 11.0. The molecule has 0 saturated carbocycles. The average molecular weight is 1050 g/mol. The van der Waals surface area contributed by atoms with Gasteiger partial charge in [-0.15, -0.1) is 11.3 Å². The Morgan fingerprint density at radius 3 is 2.56 bits per heavy atom. The van der Waals surface area contributed by atoms with Crippen LogP contribution in [0, 0.1) is 18.8 Å². The van der Waals surface area contributed by atoms with E-state index < -0.39 is 35.6 Å². The number of carboxylic acid groups (broad SMARTS) is 1. The standard InChI is InChI=1S/C33H46N4O5S.187H2/c1-10-32(8,21(3)4)25-13-12-23(18-26(25)42-11-2)29(38)37-27(28-34-15-17-43-28)24(20-41-9)19-33(37,30(39)40)31(6,7)36-16-14-22(5)35-36;;;;;;;;;;;;;;;;;;;;;;;;;;;;;;;;;;;;;;;;;;;;;;;;;;;;;;;;;;;;;;;;;;;;;;;;;;;;;;;;;;;;;;;;;;;;;;;;;;;;;;;;;;;;;;;;;;;;;;;;;;;;;;;;;;;;;;;;;;;;;;;;;;;;;;;;;;;;;;;;;;;;;;;;;;;;;;;;;;;;;;;;;;;/h12-18,21,24,27H,10-11,19-20H2,1-9H3,(H,39,40);187*1H/t24-,27-,32?,33+;;;;;;;;;;;;;;;;;;;;;;;;;;;;;;;;;;;;;;;;;;;;;;;;;;;;;;;;;;;;;;;;;;;;;;;;;;;;;;;;;;;;;;;;;;;;;;;;;;;;;;;;;;;;;;;;;;;;;;;;;;;;;;;;;;;;;;;;;;;;;;;;;;;;;;;;;;;;;;;;;;;;;;;;;;;;;;;;;;;;;;;;;;;/m1.........................................................................................................................................................................................../s1/i11D2;29*1+1D;;;;;;;;;;;;;;;;;;;;;;;;;;;;;;;;;;;;;;;;;;;;;;;;;;;;;;;;;;;;;;;;;;;;;;;;;;;;;;;;;;;;;;;;;;;;;;;;;;;;;;;;;;;;;;;;;;;;;;;;;;;;;;;;;;;;;;;;;;;;;;;;;;;;;;;;;;;;;;. The number of carbonyl (C=O) groups excluding carboxylic acids is 1. The number of hydrogen-bond acceptors (Lipinski definition) is 7. The Bertz CT molecular complexity index is 1680. The van der Waals surface area contributed by atoms with Crippen molar-refractivity contribution in [3.8, 4) is 5.75 Å². The largest absolute Gasteiger partial charge is 0.494 e. The number of methoxy groups -OCH3 is 1. The lowest BCUT2D eigenvalue weighted by Crippen LogP contribution is -2.66. The van der Waals surface area contributed by atoms with Gasteiger partial charge < -0.3 is 19.5 Å². The molecule has 1 aliphatic heterocycles. The molecule has 4 atom stereocenters. The number of likely N-dealkylation sites (tertiary alicyclic amines) is 1. The summed E-state index contributed by atoms with van der Waals surface area (Å²) in [6.45, 7) is 13.3. The van der Waals surface area contributed by atoms with E-state index in [0.29, 0.717) is 5.01 Å². The molecular weight excluding hydrogens is 564 g/mol. The average Bonchev–Trinajstić information content (AvgIpc) is 1.54. The maximum Gasteiger partial charge on any atom is 0.332 e. The molecule has 9 nitrogen and oxygen atoms in total. The van der Waals surface area contributed by atoms with Crippen LogP contribution in [0.2, 0.25) is 0 Å². The predicted molar refractivity (Wildman–Crippen MR) is 563 cm³/mol. The third-order valence-corrected chi connectivity index (χ3v) is 10.6. The van der Waals surface area contributed by atoms with Gasteiger partial charge >= 0.3 is 5.97 Å². The highest BCUT2D eigenvalue weighted by atomic mass is 32.1. The number of hydrogen-bond donors (Lipinski definition) is 1. The monoisotopic (exact) mass is 1050 g/mol. The lowest BCUT2D eigenvalue weighted by atomic mass is 9.71. The van der Waals surface area contributed by atoms with Crippen LogP contribution in [0.4, 0.5) is 0 Å². The zero-order chi connectivity index (χ0) is 91.5. The lowest BCUT2D eigenvalue weighted by molar-refractivity contribution is -0.156. The van der Waals surface area contributed by atoms with Gasteiger partial charge in [0.1, 0.15) is 10.8 Å². The summed E-state index contributed by atoms with van der Waals surface area (Å²) < 4.78 is 320. The molecule has 3 heterocycles. The van der Waals surface area contributed by atoms with Crippen LogP contribution >= 0.6 is 11.3 Å². The van der Waals surface area contributed by atoms with Crippen LogP contribution < -0.4 is 4.74 Å². The Labute approximate surface area is 586 Å². The maximum atomic E-state index is 15.0. The minimum absolute atomic E-state index is 0. The van der Waals surface area contributed by atoms with Gasteiger partial charge in [0.05, 0.1) is 33.2 Å². The van der Waals surface area contributed by atoms with E-state index in [4.69, 9.17) is 98.3 Å². The van der Waals surface area contributed by atoms with Crippen LogP contribution in [0.15, 0.2) is 42.0 Å². The van der Waals surface area contributed by atoms with Crippen molar-refractivity contribution in [2.45, 2.75) is 90.8 Å². The van der Waals surface area contributed by atoms with Crippen molar-refractivity contribution in [1.82, 2.24) is 19.7 Å². The fourth-order valence-corrected chi connectivity index (χ4v) is 7.50. The summed E-state index contributed by atoms with van der Waals surface area (Å²) >= 11 is 1.36. The van der Waals surface area contributed by atoms with Crippen molar-refractivity contribution in [1.29, 1.82) is 0 Å². The van der Waals surface area contributed by atoms with Crippen molar-refractivity contribution in [3.05, 3.63) is 63.9 Å². The van der Waals surface area contributed by atoms with E-state index in [-0.39, 0.29) is 267 Å². The first-order chi connectivity index (χ1) is 49.9. The number of carbonyl (C=O) groups is 2. The van der Waals surface area contributed by atoms with Gasteiger partial charge in [0.15, 0.2) is 5.54 Å². The first-order valence-corrected chi connectivity index (χ1v) is 15.6. The maximum absolute atomic E-state index is 15.0. The van der Waals surface area contributed by atoms with Crippen LogP contribution in [0.1, 0.15) is 408 Å². The number of aromatic nitrogens is 3. The lowest BCUT2D eigenvalue weighted by Gasteiger charge is -2.47. The molecule has 1 N–H and O–H groups in total. The number of aryl methyl sites for hydroxylation is 1. The number of benzene rings is 1. The molecule has 1 unspecified atom stereocenters. The van der Waals surface area contributed by atoms with Crippen LogP contribution in [0.3, 0.4) is 0 Å². The van der Waals surface area contributed by atoms with Crippen LogP contribution in [-0.4, -0.2) is 62.5 Å². The Hall–Kier alpha value is -3.24. The summed E-state index contributed by atoms with van der Waals surface area (Å²) in [6.07, 6.45) is 4.25. The minimum atomic E-state index is -2.02. The Kier molecular flexibility index (Phi) is 3.17. The molecule has 3 aromatic rings. The van der Waals surface area contributed by atoms with Crippen molar-refractivity contribution in [2.75, 3.05) is 20.3 Å². The molecule has 2 aromatic heterocycles. The molecule has 0 aliphatic carbocycles. The van der Waals surface area contributed by atoms with Crippen LogP contribution in [0.5, 0.6) is 5.75 Å². The molecule has 1 fully saturated rings. The number of nitrogens with zero attached hydrogens (tertiary/aromatic N) is 4. The summed E-state index contributed by atoms with van der Waals surface area (Å²) in [5.74, 6) is -1.63. The highest BCUT2D eigenvalue weighted by Gasteiger charge is 2.67. The quantitative estimate of drug-likeness (QED) is 0.193. The molecule has 1 aliphatic rings. The van der Waals surface area contributed by atoms with E-state index in [2.05, 4.69) is 37.8 Å². The van der Waals surface area contributed by atoms with E-state index in [9.17, 15) is 9.90 Å². The van der Waals surface area contributed by atoms with Crippen molar-refractivity contribution in [2.24, 2.45) is 11.8 Å². The second-order valence-electron chi connectivity index (χ2n) is 12.5. The van der Waals surface area contributed by atoms with Gasteiger partial charge in [-0.05, 0) is 70.1 Å². The molecule has 1 amide bonds. The van der Waals surface area contributed by atoms with E-state index in [0.717, 1.165) is 17.7 Å². The summed E-state index contributed by atoms with van der Waals surface area (Å²) in [6, 6.07) is 6.19. The van der Waals surface area contributed by atoms with E-state index in [1.807, 2.05) is 24.4 Å². The van der Waals surface area contributed by atoms with E-state index in [1.54, 1.807) is 50.2 Å². The molecule has 4 rings (SSSR count). The van der Waals surface area contributed by atoms with Crippen LogP contribution in [0.25, 0.3) is 0 Å². The van der Waals surface area contributed by atoms with Crippen molar-refractivity contribution in [3.63, 3.8) is 0 Å². The number of ether oxygens (including phenoxy) is 2. The number of carboxylic acids is 1. The molecule has 1 saturated heterocycles. The fraction of sp³-hybridized carbons (Fsp3) is 0.576. The normalized spacial score (nSPS) is 28.6. The second kappa shape index (κ2) is 12.4. The number of rotatable bonds is 12. The van der Waals surface area contributed by atoms with Gasteiger partial charge in [-0.2, -0.15) is 5.10 Å². The zero-order valence-electron chi connectivity index (χ0n) is 86.7. The van der Waals surface area contributed by atoms with Gasteiger partial charge in [-0.1, -0.05) is 33.8 Å². The summed E-state index contributed by atoms with van der Waals surface area (Å²) in [4.78, 5) is 34.8. The topological polar surface area (TPSA) is 107 Å². The Morgan fingerprint density at radius 1 is 1.33 bits per heavy atom. The van der Waals surface area contributed by atoms with Gasteiger partial charge in [-0.25, -0.2) is 9.78 Å². The van der Waals surface area contributed by atoms with Gasteiger partial charge in [0.2, 0.25) is 0 Å². The summed E-state index contributed by atoms with van der Waals surface area (Å²) in [5.41, 5.74) is -1.64. The molecule has 10 heteroatoms. The molecule has 0 spiro atoms. The highest BCUT2D eigenvalue weighted by Crippen LogP contribution is 2.55. The minimum Gasteiger partial charge on any atom is -0.494 e. The number of aliphatic carboxylic acids is 1. The number of thiazole rings is 1. The summed E-state index contributed by atoms with van der Waals surface area (Å²) in [7, 11) is 1.56. The zero-order valence-corrected chi connectivity index (χ0v) is 27.5. The third kappa shape index (κ3) is 5.37. The fourth-order valence-electron chi connectivity index (χ4n) is 6.68. The SMILES string of the molecule is [2H]C([2H])(C)Oc1cc(C(=O)N2[C@@H](c3nccs3)[C@@H](COC)C[C@]2(C(=O)O)C(C)(C)n2ccc(C)n2)ccc1C(C)(CC)C(C)C.[2H][2H].[2H][2H].[2H][2H].[2H][2H].[2H][2H].[2H][2H].[2H][2H].[2H][2H].[2H][2H].[2H][2H].[2H][2H].[2H][2H].[2H][2H].[2H][2H].[2H][2H].[2H][2H].[2H][2H].[2H][2H].[2H][2H].[2H][2H].[2H][2H].[2H][2H].[2H][2H].[2H][2H].[2H][2H].[2H][2H].[2H][2H].[2H][2H].[2H][2H].[HH].[HH].[HH].[HH].[HH].[HH].[HH].[HH].[HH].[HH].[HH].[HH].[HH].[HH].[HH].[HH].[HH].[HH].[HH].[HH].[HH].[HH].[HH].[HH].[HH].[HH].[HH].[HH].[HH].[HH].[HH].[HH].[HH].[HH].[HH].[HH].[HH].[HH].[HH].[HH].[HH].[HH].[HH].[HH].[HH].[HH].[HH].[HH].[HH].[HH].[HH].[HH].[HH].[HH].[HH].[HH].[HH].[HH].[HH].[HH].[HH].[HH].[HH].[HH].[HH].[HH].[HH].[HH].[HH].[HH].[HH].[HH].[HH].[HH].[HH].[HH].[HH].[HH].[HH].[HH].[HH].[HH].[HH].[HH].[HH].[HH].[HH].[HH].[HH].[HH].[HH].[HH].[HH].[HH].[HH].[HH].[HH].[HH].[HH].[HH].[HH].[HH].[HH].[HH].[HH].[HH].[HH].[HH].[HH].[HH].[HH].[HH].[HH].[HH].[HH].[HH].[HH].[HH].[HH].[HH].[HH].[HH].[HH].[HH].[HH].[HH].[HH].[HH].[HH].[HH].[HH].[HH].[HH].[HH].[HH].[HH].[HH].[HH].[HH].[HH].[HH].[HH].[HH].[HH].[HH].[HH].[HH].[HH].[HH].[HH].[HH].[HH].[HH].[HH].[HH].[HH].[HH].[HH]. The molecular formula is C33H420N4O5S. The van der Waals surface area contributed by atoms with E-state index >= 15 is 4.79 Å². The Morgan fingerprint density at radius 2 is 2.05 bits per heavy atom. The van der Waals surface area contributed by atoms with E-state index in [1.165, 1.54) is 23.2 Å². The van der Waals surface area contributed by atoms with Gasteiger partial charge in [0, 0.05) is 353 Å². The number of amides is 1. The summed E-state index contributed by atoms with van der Waals surface area (Å²) in [5, 5.41) is 18.2. The molecule has 608 valence electrons. The second-order valence-corrected chi connectivity index (χ2v) is 13.4. The molecule has 0 radical (unpaired) electrons. The smallest absolute Gasteiger partial charge is 0.332 e. The van der Waals surface area contributed by atoms with Gasteiger partial charge in [-0.3, -0.25) is 9.48 Å². The molecule has 43 heavy (non-hydrogen) atoms. The predicted octanol–water partition coefficient (Wildman–Crippen LogP) is 52.5.